The van der Waals surface area contributed by atoms with E-state index in [2.05, 4.69) is 0 Å². The van der Waals surface area contributed by atoms with Gasteiger partial charge in [-0.1, -0.05) is 0 Å². The highest BCUT2D eigenvalue weighted by atomic mass is 16.5. The van der Waals surface area contributed by atoms with Gasteiger partial charge in [-0.3, -0.25) is 4.79 Å². The zero-order valence-corrected chi connectivity index (χ0v) is 11.6. The molecular weight excluding hydrogens is 240 g/mol. The number of rotatable bonds is 3. The van der Waals surface area contributed by atoms with E-state index in [4.69, 9.17) is 10.5 Å². The number of hydrogen-bond donors (Lipinski definition) is 1. The van der Waals surface area contributed by atoms with E-state index >= 15 is 0 Å². The number of amides is 1. The minimum Gasteiger partial charge on any atom is -0.497 e. The standard InChI is InChI=1S/C15H22N2O2/c1-17(13-7-9-14(19-2)10-8-13)15(18)11-3-5-12(16)6-4-11/h7-12H,3-6,16H2,1-2H3. The summed E-state index contributed by atoms with van der Waals surface area (Å²) in [5.41, 5.74) is 6.78. The monoisotopic (exact) mass is 262 g/mol. The SMILES string of the molecule is COc1ccc(N(C)C(=O)C2CCC(N)CC2)cc1. The summed E-state index contributed by atoms with van der Waals surface area (Å²) < 4.78 is 5.12. The molecule has 4 nitrogen and oxygen atoms in total. The molecule has 1 saturated carbocycles. The van der Waals surface area contributed by atoms with E-state index in [9.17, 15) is 4.79 Å². The first-order valence-corrected chi connectivity index (χ1v) is 6.79. The Morgan fingerprint density at radius 3 is 2.32 bits per heavy atom. The molecule has 0 heterocycles. The first-order valence-electron chi connectivity index (χ1n) is 6.79. The van der Waals surface area contributed by atoms with Crippen LogP contribution in [0, 0.1) is 5.92 Å². The van der Waals surface area contributed by atoms with Gasteiger partial charge in [-0.25, -0.2) is 0 Å². The predicted octanol–water partition coefficient (Wildman–Crippen LogP) is 2.18. The first-order chi connectivity index (χ1) is 9.11. The number of carbonyl (C=O) groups is 1. The molecule has 0 aromatic heterocycles. The van der Waals surface area contributed by atoms with Gasteiger partial charge in [-0.05, 0) is 49.9 Å². The molecular formula is C15H22N2O2. The Labute approximate surface area is 114 Å². The van der Waals surface area contributed by atoms with Gasteiger partial charge in [0.2, 0.25) is 5.91 Å². The number of benzene rings is 1. The molecule has 1 amide bonds. The number of anilines is 1. The first kappa shape index (κ1) is 13.9. The summed E-state index contributed by atoms with van der Waals surface area (Å²) >= 11 is 0. The molecule has 2 rings (SSSR count). The Morgan fingerprint density at radius 2 is 1.79 bits per heavy atom. The number of nitrogens with two attached hydrogens (primary N) is 1. The molecule has 0 radical (unpaired) electrons. The van der Waals surface area contributed by atoms with E-state index in [1.165, 1.54) is 0 Å². The second-order valence-corrected chi connectivity index (χ2v) is 5.21. The van der Waals surface area contributed by atoms with Gasteiger partial charge in [0.05, 0.1) is 7.11 Å². The molecule has 0 spiro atoms. The molecule has 1 aliphatic carbocycles. The van der Waals surface area contributed by atoms with Crippen molar-refractivity contribution in [1.82, 2.24) is 0 Å². The Bertz CT molecular complexity index is 422. The van der Waals surface area contributed by atoms with Crippen molar-refractivity contribution in [3.05, 3.63) is 24.3 Å². The molecule has 2 N–H and O–H groups in total. The van der Waals surface area contributed by atoms with Crippen molar-refractivity contribution in [3.63, 3.8) is 0 Å². The molecule has 1 aromatic rings. The van der Waals surface area contributed by atoms with Crippen LogP contribution < -0.4 is 15.4 Å². The molecule has 0 atom stereocenters. The van der Waals surface area contributed by atoms with Crippen LogP contribution in [-0.4, -0.2) is 26.1 Å². The fourth-order valence-corrected chi connectivity index (χ4v) is 2.57. The quantitative estimate of drug-likeness (QED) is 0.908. The van der Waals surface area contributed by atoms with Gasteiger partial charge >= 0.3 is 0 Å². The van der Waals surface area contributed by atoms with Crippen LogP contribution in [0.15, 0.2) is 24.3 Å². The molecule has 0 bridgehead atoms. The molecule has 19 heavy (non-hydrogen) atoms. The van der Waals surface area contributed by atoms with Gasteiger partial charge in [-0.2, -0.15) is 0 Å². The highest BCUT2D eigenvalue weighted by Crippen LogP contribution is 2.27. The number of methoxy groups -OCH3 is 1. The maximum absolute atomic E-state index is 12.4. The Hall–Kier alpha value is -1.55. The maximum atomic E-state index is 12.4. The van der Waals surface area contributed by atoms with Crippen LogP contribution in [0.1, 0.15) is 25.7 Å². The third-order valence-electron chi connectivity index (χ3n) is 3.91. The third kappa shape index (κ3) is 3.26. The lowest BCUT2D eigenvalue weighted by molar-refractivity contribution is -0.123. The van der Waals surface area contributed by atoms with E-state index in [1.54, 1.807) is 12.0 Å². The Balaban J connectivity index is 2.01. The lowest BCUT2D eigenvalue weighted by atomic mass is 9.85. The zero-order valence-electron chi connectivity index (χ0n) is 11.6. The van der Waals surface area contributed by atoms with E-state index in [1.807, 2.05) is 31.3 Å². The minimum absolute atomic E-state index is 0.118. The lowest BCUT2D eigenvalue weighted by Gasteiger charge is -2.29. The average molecular weight is 262 g/mol. The second kappa shape index (κ2) is 6.06. The maximum Gasteiger partial charge on any atom is 0.229 e. The number of hydrogen-bond acceptors (Lipinski definition) is 3. The topological polar surface area (TPSA) is 55.6 Å². The highest BCUT2D eigenvalue weighted by Gasteiger charge is 2.27. The smallest absolute Gasteiger partial charge is 0.229 e. The van der Waals surface area contributed by atoms with Gasteiger partial charge in [0.25, 0.3) is 0 Å². The van der Waals surface area contributed by atoms with Crippen molar-refractivity contribution in [2.24, 2.45) is 11.7 Å². The van der Waals surface area contributed by atoms with Gasteiger partial charge in [0.15, 0.2) is 0 Å². The average Bonchev–Trinajstić information content (AvgIpc) is 2.46. The van der Waals surface area contributed by atoms with Gasteiger partial charge in [0.1, 0.15) is 5.75 Å². The van der Waals surface area contributed by atoms with Crippen molar-refractivity contribution in [2.75, 3.05) is 19.1 Å². The van der Waals surface area contributed by atoms with Crippen LogP contribution >= 0.6 is 0 Å². The van der Waals surface area contributed by atoms with Gasteiger partial charge in [-0.15, -0.1) is 0 Å². The molecule has 1 aliphatic rings. The summed E-state index contributed by atoms with van der Waals surface area (Å²) in [6.07, 6.45) is 3.71. The van der Waals surface area contributed by atoms with Crippen LogP contribution in [0.25, 0.3) is 0 Å². The lowest BCUT2D eigenvalue weighted by Crippen LogP contribution is -2.37. The summed E-state index contributed by atoms with van der Waals surface area (Å²) in [4.78, 5) is 14.2. The number of ether oxygens (including phenoxy) is 1. The molecule has 1 aromatic carbocycles. The normalized spacial score (nSPS) is 22.9. The zero-order chi connectivity index (χ0) is 13.8. The van der Waals surface area contributed by atoms with Gasteiger partial charge < -0.3 is 15.4 Å². The fraction of sp³-hybridized carbons (Fsp3) is 0.533. The summed E-state index contributed by atoms with van der Waals surface area (Å²) in [5, 5.41) is 0. The highest BCUT2D eigenvalue weighted by molar-refractivity contribution is 5.94. The Kier molecular flexibility index (Phi) is 4.43. The minimum atomic E-state index is 0.118. The van der Waals surface area contributed by atoms with Crippen LogP contribution in [-0.2, 0) is 4.79 Å². The summed E-state index contributed by atoms with van der Waals surface area (Å²) in [7, 11) is 3.47. The number of nitrogens with zero attached hydrogens (tertiary/aromatic N) is 1. The molecule has 4 heteroatoms. The predicted molar refractivity (Wildman–Crippen MR) is 76.3 cm³/mol. The van der Waals surface area contributed by atoms with Crippen molar-refractivity contribution in [3.8, 4) is 5.75 Å². The fourth-order valence-electron chi connectivity index (χ4n) is 2.57. The third-order valence-corrected chi connectivity index (χ3v) is 3.91. The summed E-state index contributed by atoms with van der Waals surface area (Å²) in [5.74, 6) is 1.11. The molecule has 0 aliphatic heterocycles. The van der Waals surface area contributed by atoms with Crippen molar-refractivity contribution < 1.29 is 9.53 Å². The van der Waals surface area contributed by atoms with Crippen LogP contribution in [0.3, 0.4) is 0 Å². The van der Waals surface area contributed by atoms with E-state index < -0.39 is 0 Å². The van der Waals surface area contributed by atoms with E-state index in [0.717, 1.165) is 37.1 Å². The second-order valence-electron chi connectivity index (χ2n) is 5.21. The van der Waals surface area contributed by atoms with E-state index in [0.29, 0.717) is 0 Å². The van der Waals surface area contributed by atoms with Crippen LogP contribution in [0.2, 0.25) is 0 Å². The van der Waals surface area contributed by atoms with Crippen LogP contribution in [0.5, 0.6) is 5.75 Å². The summed E-state index contributed by atoms with van der Waals surface area (Å²) in [6.45, 7) is 0. The number of carbonyl (C=O) groups excluding carboxylic acids is 1. The molecule has 104 valence electrons. The largest absolute Gasteiger partial charge is 0.497 e. The van der Waals surface area contributed by atoms with Crippen LogP contribution in [0.4, 0.5) is 5.69 Å². The molecule has 1 fully saturated rings. The van der Waals surface area contributed by atoms with Gasteiger partial charge in [0, 0.05) is 24.7 Å². The molecule has 0 saturated heterocycles. The molecule has 0 unspecified atom stereocenters. The van der Waals surface area contributed by atoms with Crippen molar-refractivity contribution in [2.45, 2.75) is 31.7 Å². The van der Waals surface area contributed by atoms with Crippen molar-refractivity contribution in [1.29, 1.82) is 0 Å². The van der Waals surface area contributed by atoms with Crippen molar-refractivity contribution >= 4 is 11.6 Å². The Morgan fingerprint density at radius 1 is 1.21 bits per heavy atom. The van der Waals surface area contributed by atoms with E-state index in [-0.39, 0.29) is 17.9 Å². The summed E-state index contributed by atoms with van der Waals surface area (Å²) in [6, 6.07) is 7.83.